The zero-order valence-corrected chi connectivity index (χ0v) is 9.59. The first-order valence-corrected chi connectivity index (χ1v) is 5.67. The molecule has 0 aliphatic carbocycles. The zero-order chi connectivity index (χ0) is 11.7. The van der Waals surface area contributed by atoms with E-state index in [0.29, 0.717) is 0 Å². The van der Waals surface area contributed by atoms with Crippen LogP contribution in [0.4, 0.5) is 0 Å². The lowest BCUT2D eigenvalue weighted by Crippen LogP contribution is -1.97. The third kappa shape index (κ3) is 1.60. The van der Waals surface area contributed by atoms with Crippen LogP contribution < -0.4 is 0 Å². The fourth-order valence-electron chi connectivity index (χ4n) is 2.06. The topological polar surface area (TPSA) is 30.7 Å². The minimum absolute atomic E-state index is 0.901. The highest BCUT2D eigenvalue weighted by Crippen LogP contribution is 2.23. The molecule has 0 bridgehead atoms. The number of benzene rings is 1. The van der Waals surface area contributed by atoms with Gasteiger partial charge in [-0.2, -0.15) is 0 Å². The Labute approximate surface area is 99.8 Å². The molecule has 0 N–H and O–H groups in total. The first-order valence-electron chi connectivity index (χ1n) is 5.67. The number of nitrogens with zero attached hydrogens (tertiary/aromatic N) is 3. The van der Waals surface area contributed by atoms with Gasteiger partial charge in [-0.15, -0.1) is 0 Å². The molecular weight excluding hydrogens is 210 g/mol. The highest BCUT2D eigenvalue weighted by atomic mass is 15.1. The number of imidazole rings is 1. The molecule has 17 heavy (non-hydrogen) atoms. The number of aromatic nitrogens is 3. The molecule has 3 aromatic rings. The van der Waals surface area contributed by atoms with Crippen molar-refractivity contribution in [3.63, 3.8) is 0 Å². The fourth-order valence-corrected chi connectivity index (χ4v) is 2.06. The molecule has 2 heterocycles. The smallest absolute Gasteiger partial charge is 0.141 e. The Morgan fingerprint density at radius 2 is 2.06 bits per heavy atom. The van der Waals surface area contributed by atoms with Crippen LogP contribution in [-0.2, 0) is 6.54 Å². The molecule has 0 aliphatic heterocycles. The van der Waals surface area contributed by atoms with Gasteiger partial charge in [0, 0.05) is 24.5 Å². The molecule has 0 amide bonds. The van der Waals surface area contributed by atoms with E-state index in [2.05, 4.69) is 33.6 Å². The van der Waals surface area contributed by atoms with Gasteiger partial charge in [0.15, 0.2) is 0 Å². The van der Waals surface area contributed by atoms with Crippen molar-refractivity contribution in [1.29, 1.82) is 0 Å². The van der Waals surface area contributed by atoms with Crippen molar-refractivity contribution < 1.29 is 0 Å². The van der Waals surface area contributed by atoms with Crippen LogP contribution in [0.5, 0.6) is 0 Å². The van der Waals surface area contributed by atoms with E-state index >= 15 is 0 Å². The van der Waals surface area contributed by atoms with Crippen molar-refractivity contribution >= 4 is 11.0 Å². The summed E-state index contributed by atoms with van der Waals surface area (Å²) in [6, 6.07) is 12.9. The lowest BCUT2D eigenvalue weighted by atomic mass is 10.2. The average molecular weight is 222 g/mol. The summed E-state index contributed by atoms with van der Waals surface area (Å²) in [5.41, 5.74) is 3.23. The van der Waals surface area contributed by atoms with Gasteiger partial charge >= 0.3 is 0 Å². The van der Waals surface area contributed by atoms with Crippen LogP contribution in [0.3, 0.4) is 0 Å². The Balaban J connectivity index is 2.30. The van der Waals surface area contributed by atoms with Crippen molar-refractivity contribution in [2.24, 2.45) is 0 Å². The van der Waals surface area contributed by atoms with E-state index < -0.39 is 0 Å². The van der Waals surface area contributed by atoms with E-state index in [9.17, 15) is 0 Å². The summed E-state index contributed by atoms with van der Waals surface area (Å²) in [5.74, 6) is 0.990. The third-order valence-corrected chi connectivity index (χ3v) is 2.85. The van der Waals surface area contributed by atoms with Crippen LogP contribution in [0, 0.1) is 6.07 Å². The molecule has 3 nitrogen and oxygen atoms in total. The maximum absolute atomic E-state index is 4.66. The van der Waals surface area contributed by atoms with Gasteiger partial charge in [0.25, 0.3) is 0 Å². The Kier molecular flexibility index (Phi) is 2.37. The molecular formula is C14H12N3. The van der Waals surface area contributed by atoms with Crippen LogP contribution >= 0.6 is 0 Å². The lowest BCUT2D eigenvalue weighted by molar-refractivity contribution is 0.796. The number of pyridine rings is 1. The van der Waals surface area contributed by atoms with Gasteiger partial charge in [-0.25, -0.2) is 4.98 Å². The van der Waals surface area contributed by atoms with Gasteiger partial charge < -0.3 is 4.57 Å². The van der Waals surface area contributed by atoms with Gasteiger partial charge in [0.2, 0.25) is 0 Å². The van der Waals surface area contributed by atoms with Crippen LogP contribution in [-0.4, -0.2) is 14.5 Å². The second-order valence-corrected chi connectivity index (χ2v) is 3.83. The van der Waals surface area contributed by atoms with E-state index in [0.717, 1.165) is 29.0 Å². The fraction of sp³-hybridized carbons (Fsp3) is 0.143. The number of fused-ring (bicyclic) bond motifs is 1. The SMILES string of the molecule is CCn1c(-c2ccncc2)nc2c[c]ccc21. The van der Waals surface area contributed by atoms with Crippen molar-refractivity contribution in [2.45, 2.75) is 13.5 Å². The average Bonchev–Trinajstić information content (AvgIpc) is 2.78. The molecule has 0 fully saturated rings. The Morgan fingerprint density at radius 1 is 1.24 bits per heavy atom. The van der Waals surface area contributed by atoms with Crippen molar-refractivity contribution in [2.75, 3.05) is 0 Å². The first-order chi connectivity index (χ1) is 8.40. The first kappa shape index (κ1) is 10.0. The van der Waals surface area contributed by atoms with Crippen molar-refractivity contribution in [1.82, 2.24) is 14.5 Å². The summed E-state index contributed by atoms with van der Waals surface area (Å²) in [6.07, 6.45) is 3.58. The highest BCUT2D eigenvalue weighted by Gasteiger charge is 2.10. The lowest BCUT2D eigenvalue weighted by Gasteiger charge is -2.05. The van der Waals surface area contributed by atoms with Crippen LogP contribution in [0.25, 0.3) is 22.4 Å². The van der Waals surface area contributed by atoms with Crippen molar-refractivity contribution in [3.05, 3.63) is 48.8 Å². The maximum atomic E-state index is 4.66. The number of hydrogen-bond acceptors (Lipinski definition) is 2. The molecule has 1 aromatic carbocycles. The molecule has 0 atom stereocenters. The minimum atomic E-state index is 0.901. The summed E-state index contributed by atoms with van der Waals surface area (Å²) in [6.45, 7) is 3.03. The quantitative estimate of drug-likeness (QED) is 0.667. The Hall–Kier alpha value is -2.16. The standard InChI is InChI=1S/C14H12N3/c1-2-17-13-6-4-3-5-12(13)16-14(17)11-7-9-15-10-8-11/h4-10H,2H2,1H3. The second-order valence-electron chi connectivity index (χ2n) is 3.83. The van der Waals surface area contributed by atoms with Crippen LogP contribution in [0.15, 0.2) is 42.7 Å². The molecule has 0 aliphatic rings. The van der Waals surface area contributed by atoms with E-state index in [4.69, 9.17) is 0 Å². The van der Waals surface area contributed by atoms with E-state index in [1.165, 1.54) is 0 Å². The predicted octanol–water partition coefficient (Wildman–Crippen LogP) is 2.92. The normalized spacial score (nSPS) is 10.9. The Bertz CT molecular complexity index is 641. The molecule has 3 rings (SSSR count). The molecule has 3 heteroatoms. The van der Waals surface area contributed by atoms with E-state index in [1.54, 1.807) is 12.4 Å². The van der Waals surface area contributed by atoms with E-state index in [1.807, 2.05) is 24.3 Å². The number of hydrogen-bond donors (Lipinski definition) is 0. The highest BCUT2D eigenvalue weighted by molar-refractivity contribution is 5.80. The van der Waals surface area contributed by atoms with Gasteiger partial charge in [-0.05, 0) is 37.3 Å². The third-order valence-electron chi connectivity index (χ3n) is 2.85. The van der Waals surface area contributed by atoms with Gasteiger partial charge in [0.1, 0.15) is 5.82 Å². The maximum Gasteiger partial charge on any atom is 0.141 e. The minimum Gasteiger partial charge on any atom is -0.324 e. The largest absolute Gasteiger partial charge is 0.324 e. The van der Waals surface area contributed by atoms with E-state index in [-0.39, 0.29) is 0 Å². The summed E-state index contributed by atoms with van der Waals surface area (Å²) in [5, 5.41) is 0. The number of aryl methyl sites for hydroxylation is 1. The predicted molar refractivity (Wildman–Crippen MR) is 67.5 cm³/mol. The molecule has 2 aromatic heterocycles. The summed E-state index contributed by atoms with van der Waals surface area (Å²) < 4.78 is 2.21. The number of rotatable bonds is 2. The summed E-state index contributed by atoms with van der Waals surface area (Å²) >= 11 is 0. The van der Waals surface area contributed by atoms with Gasteiger partial charge in [-0.3, -0.25) is 4.98 Å². The zero-order valence-electron chi connectivity index (χ0n) is 9.59. The molecule has 0 saturated heterocycles. The van der Waals surface area contributed by atoms with Crippen LogP contribution in [0.1, 0.15) is 6.92 Å². The van der Waals surface area contributed by atoms with Gasteiger partial charge in [-0.1, -0.05) is 6.07 Å². The molecule has 0 spiro atoms. The van der Waals surface area contributed by atoms with Crippen molar-refractivity contribution in [3.8, 4) is 11.4 Å². The summed E-state index contributed by atoms with van der Waals surface area (Å²) in [7, 11) is 0. The molecule has 0 saturated carbocycles. The summed E-state index contributed by atoms with van der Waals surface area (Å²) in [4.78, 5) is 8.69. The molecule has 0 unspecified atom stereocenters. The monoisotopic (exact) mass is 222 g/mol. The Morgan fingerprint density at radius 3 is 2.82 bits per heavy atom. The van der Waals surface area contributed by atoms with Crippen LogP contribution in [0.2, 0.25) is 0 Å². The van der Waals surface area contributed by atoms with Gasteiger partial charge in [0.05, 0.1) is 11.0 Å². The molecule has 1 radical (unpaired) electrons. The molecule has 83 valence electrons. The second kappa shape index (κ2) is 4.01.